The van der Waals surface area contributed by atoms with Crippen molar-refractivity contribution in [3.05, 3.63) is 59.7 Å². The van der Waals surface area contributed by atoms with Gasteiger partial charge in [0.2, 0.25) is 0 Å². The minimum atomic E-state index is 1.06. The lowest BCUT2D eigenvalue weighted by Crippen LogP contribution is -1.86. The molecule has 0 radical (unpaired) electrons. The van der Waals surface area contributed by atoms with Crippen molar-refractivity contribution >= 4 is 27.1 Å². The maximum atomic E-state index is 4.37. The molecule has 0 amide bonds. The van der Waals surface area contributed by atoms with E-state index in [4.69, 9.17) is 0 Å². The highest BCUT2D eigenvalue weighted by Crippen LogP contribution is 2.32. The first-order chi connectivity index (χ1) is 9.33. The number of nitrogens with zero attached hydrogens (tertiary/aromatic N) is 2. The van der Waals surface area contributed by atoms with E-state index in [1.165, 1.54) is 26.9 Å². The van der Waals surface area contributed by atoms with Crippen molar-refractivity contribution in [2.75, 3.05) is 0 Å². The maximum Gasteiger partial charge on any atom is 0.194 e. The number of thiazole rings is 1. The molecule has 2 nitrogen and oxygen atoms in total. The van der Waals surface area contributed by atoms with Gasteiger partial charge in [-0.3, -0.25) is 4.40 Å². The van der Waals surface area contributed by atoms with E-state index >= 15 is 0 Å². The quantitative estimate of drug-likeness (QED) is 0.494. The highest BCUT2D eigenvalue weighted by Gasteiger charge is 2.11. The van der Waals surface area contributed by atoms with Crippen LogP contribution in [0.5, 0.6) is 0 Å². The van der Waals surface area contributed by atoms with E-state index in [2.05, 4.69) is 58.8 Å². The van der Waals surface area contributed by atoms with Gasteiger partial charge in [-0.05, 0) is 23.8 Å². The van der Waals surface area contributed by atoms with Crippen LogP contribution in [0.25, 0.3) is 27.0 Å². The van der Waals surface area contributed by atoms with Gasteiger partial charge < -0.3 is 0 Å². The molecule has 0 aliphatic rings. The molecule has 3 heteroatoms. The van der Waals surface area contributed by atoms with Crippen LogP contribution < -0.4 is 0 Å². The first-order valence-electron chi connectivity index (χ1n) is 6.24. The Labute approximate surface area is 115 Å². The Morgan fingerprint density at radius 2 is 1.89 bits per heavy atom. The van der Waals surface area contributed by atoms with Crippen LogP contribution in [0.4, 0.5) is 0 Å². The molecular formula is C16H12N2S. The summed E-state index contributed by atoms with van der Waals surface area (Å²) in [7, 11) is 0. The largest absolute Gasteiger partial charge is 0.290 e. The van der Waals surface area contributed by atoms with E-state index in [1.807, 2.05) is 12.4 Å². The number of fused-ring (bicyclic) bond motifs is 2. The van der Waals surface area contributed by atoms with Crippen molar-refractivity contribution in [2.24, 2.45) is 0 Å². The summed E-state index contributed by atoms with van der Waals surface area (Å²) in [5.41, 5.74) is 2.50. The van der Waals surface area contributed by atoms with Crippen molar-refractivity contribution in [3.8, 4) is 11.3 Å². The summed E-state index contributed by atoms with van der Waals surface area (Å²) in [5.74, 6) is 0. The third-order valence-electron chi connectivity index (χ3n) is 3.45. The van der Waals surface area contributed by atoms with E-state index in [0.29, 0.717) is 0 Å². The number of imidazole rings is 1. The second kappa shape index (κ2) is 3.93. The summed E-state index contributed by atoms with van der Waals surface area (Å²) in [6.45, 7) is 2.16. The molecular weight excluding hydrogens is 252 g/mol. The molecule has 4 aromatic rings. The Balaban J connectivity index is 2.03. The molecule has 0 saturated carbocycles. The third kappa shape index (κ3) is 1.59. The van der Waals surface area contributed by atoms with Gasteiger partial charge >= 0.3 is 0 Å². The Morgan fingerprint density at radius 1 is 1.05 bits per heavy atom. The second-order valence-electron chi connectivity index (χ2n) is 4.65. The van der Waals surface area contributed by atoms with Gasteiger partial charge in [-0.25, -0.2) is 4.98 Å². The fourth-order valence-corrected chi connectivity index (χ4v) is 3.52. The second-order valence-corrected chi connectivity index (χ2v) is 5.83. The van der Waals surface area contributed by atoms with Crippen LogP contribution in [0.2, 0.25) is 0 Å². The average molecular weight is 264 g/mol. The first-order valence-corrected chi connectivity index (χ1v) is 7.06. The van der Waals surface area contributed by atoms with Gasteiger partial charge in [-0.15, -0.1) is 11.3 Å². The van der Waals surface area contributed by atoms with Crippen molar-refractivity contribution in [3.63, 3.8) is 0 Å². The van der Waals surface area contributed by atoms with E-state index < -0.39 is 0 Å². The Bertz CT molecular complexity index is 886. The number of aryl methyl sites for hydroxylation is 1. The SMILES string of the molecule is Cc1sc2nccn2c1-c1ccc2ccccc2c1. The zero-order valence-corrected chi connectivity index (χ0v) is 11.3. The Hall–Kier alpha value is -2.13. The fourth-order valence-electron chi connectivity index (χ4n) is 2.57. The van der Waals surface area contributed by atoms with E-state index in [-0.39, 0.29) is 0 Å². The molecule has 0 saturated heterocycles. The van der Waals surface area contributed by atoms with Gasteiger partial charge in [0.05, 0.1) is 5.69 Å². The van der Waals surface area contributed by atoms with Gasteiger partial charge in [0.25, 0.3) is 0 Å². The topological polar surface area (TPSA) is 17.3 Å². The molecule has 2 heterocycles. The highest BCUT2D eigenvalue weighted by atomic mass is 32.1. The van der Waals surface area contributed by atoms with Crippen molar-refractivity contribution < 1.29 is 0 Å². The summed E-state index contributed by atoms with van der Waals surface area (Å²) < 4.78 is 2.17. The molecule has 0 aliphatic carbocycles. The van der Waals surface area contributed by atoms with Gasteiger partial charge in [0.15, 0.2) is 4.96 Å². The average Bonchev–Trinajstić information content (AvgIpc) is 2.98. The van der Waals surface area contributed by atoms with E-state index in [0.717, 1.165) is 4.96 Å². The smallest absolute Gasteiger partial charge is 0.194 e. The molecule has 0 unspecified atom stereocenters. The molecule has 0 aliphatic heterocycles. The van der Waals surface area contributed by atoms with Crippen LogP contribution in [0, 0.1) is 6.92 Å². The first kappa shape index (κ1) is 10.8. The zero-order valence-electron chi connectivity index (χ0n) is 10.5. The van der Waals surface area contributed by atoms with Crippen LogP contribution in [0.1, 0.15) is 4.88 Å². The number of hydrogen-bond acceptors (Lipinski definition) is 2. The molecule has 2 aromatic carbocycles. The molecule has 19 heavy (non-hydrogen) atoms. The monoisotopic (exact) mass is 264 g/mol. The van der Waals surface area contributed by atoms with Gasteiger partial charge in [-0.1, -0.05) is 36.4 Å². The lowest BCUT2D eigenvalue weighted by molar-refractivity contribution is 1.22. The van der Waals surface area contributed by atoms with Crippen LogP contribution in [-0.2, 0) is 0 Å². The van der Waals surface area contributed by atoms with Gasteiger partial charge in [0, 0.05) is 22.8 Å². The summed E-state index contributed by atoms with van der Waals surface area (Å²) >= 11 is 1.74. The predicted molar refractivity (Wildman–Crippen MR) is 80.7 cm³/mol. The zero-order chi connectivity index (χ0) is 12.8. The lowest BCUT2D eigenvalue weighted by atomic mass is 10.0. The summed E-state index contributed by atoms with van der Waals surface area (Å²) in [5, 5.41) is 2.56. The third-order valence-corrected chi connectivity index (χ3v) is 4.43. The van der Waals surface area contributed by atoms with E-state index in [1.54, 1.807) is 11.3 Å². The van der Waals surface area contributed by atoms with Crippen molar-refractivity contribution in [1.82, 2.24) is 9.38 Å². The number of hydrogen-bond donors (Lipinski definition) is 0. The number of aromatic nitrogens is 2. The van der Waals surface area contributed by atoms with Gasteiger partial charge in [0.1, 0.15) is 0 Å². The van der Waals surface area contributed by atoms with Gasteiger partial charge in [-0.2, -0.15) is 0 Å². The van der Waals surface area contributed by atoms with Crippen LogP contribution in [0.3, 0.4) is 0 Å². The fraction of sp³-hybridized carbons (Fsp3) is 0.0625. The van der Waals surface area contributed by atoms with Crippen LogP contribution in [-0.4, -0.2) is 9.38 Å². The molecule has 2 aromatic heterocycles. The standard InChI is InChI=1S/C16H12N2S/c1-11-15(18-9-8-17-16(18)19-11)14-7-6-12-4-2-3-5-13(12)10-14/h2-10H,1H3. The Kier molecular flexibility index (Phi) is 2.23. The summed E-state index contributed by atoms with van der Waals surface area (Å²) in [4.78, 5) is 6.73. The molecule has 0 bridgehead atoms. The number of benzene rings is 2. The highest BCUT2D eigenvalue weighted by molar-refractivity contribution is 7.17. The molecule has 92 valence electrons. The Morgan fingerprint density at radius 3 is 2.79 bits per heavy atom. The minimum Gasteiger partial charge on any atom is -0.290 e. The maximum absolute atomic E-state index is 4.37. The molecule has 0 N–H and O–H groups in total. The van der Waals surface area contributed by atoms with E-state index in [9.17, 15) is 0 Å². The van der Waals surface area contributed by atoms with Crippen molar-refractivity contribution in [1.29, 1.82) is 0 Å². The van der Waals surface area contributed by atoms with Crippen LogP contribution >= 0.6 is 11.3 Å². The molecule has 0 spiro atoms. The number of rotatable bonds is 1. The lowest BCUT2D eigenvalue weighted by Gasteiger charge is -2.04. The van der Waals surface area contributed by atoms with Crippen molar-refractivity contribution in [2.45, 2.75) is 6.92 Å². The minimum absolute atomic E-state index is 1.06. The molecule has 0 fully saturated rings. The normalized spacial score (nSPS) is 11.4. The molecule has 4 rings (SSSR count). The predicted octanol–water partition coefficient (Wildman–Crippen LogP) is 4.52. The summed E-state index contributed by atoms with van der Waals surface area (Å²) in [6.07, 6.45) is 3.89. The summed E-state index contributed by atoms with van der Waals surface area (Å²) in [6, 6.07) is 15.1. The molecule has 0 atom stereocenters. The van der Waals surface area contributed by atoms with Crippen LogP contribution in [0.15, 0.2) is 54.9 Å².